The minimum atomic E-state index is -0.937. The van der Waals surface area contributed by atoms with Gasteiger partial charge in [-0.15, -0.1) is 0 Å². The van der Waals surface area contributed by atoms with Gasteiger partial charge < -0.3 is 5.11 Å². The third-order valence-corrected chi connectivity index (χ3v) is 3.38. The lowest BCUT2D eigenvalue weighted by Gasteiger charge is -2.12. The molecule has 6 heteroatoms. The van der Waals surface area contributed by atoms with Gasteiger partial charge in [-0.05, 0) is 34.5 Å². The van der Waals surface area contributed by atoms with E-state index < -0.39 is 5.97 Å². The number of hydrogen-bond donors (Lipinski definition) is 1. The summed E-state index contributed by atoms with van der Waals surface area (Å²) in [5.74, 6) is -1.66. The van der Waals surface area contributed by atoms with Crippen LogP contribution in [0.4, 0.5) is 0 Å². The number of amides is 2. The number of carboxylic acids is 1. The van der Waals surface area contributed by atoms with Crippen LogP contribution in [0, 0.1) is 0 Å². The van der Waals surface area contributed by atoms with Crippen molar-refractivity contribution in [2.45, 2.75) is 12.8 Å². The van der Waals surface area contributed by atoms with E-state index in [4.69, 9.17) is 5.11 Å². The van der Waals surface area contributed by atoms with Crippen LogP contribution in [0.1, 0.15) is 33.6 Å². The van der Waals surface area contributed by atoms with Gasteiger partial charge in [0.05, 0.1) is 11.1 Å². The molecule has 0 aliphatic carbocycles. The van der Waals surface area contributed by atoms with Crippen molar-refractivity contribution < 1.29 is 19.5 Å². The number of halogens is 1. The summed E-state index contributed by atoms with van der Waals surface area (Å²) in [6.45, 7) is 0.130. The van der Waals surface area contributed by atoms with Crippen LogP contribution in [0.3, 0.4) is 0 Å². The minimum Gasteiger partial charge on any atom is -0.481 e. The van der Waals surface area contributed by atoms with Gasteiger partial charge in [0.1, 0.15) is 0 Å². The second-order valence-corrected chi connectivity index (χ2v) is 4.78. The fourth-order valence-corrected chi connectivity index (χ4v) is 2.42. The Morgan fingerprint density at radius 1 is 1.28 bits per heavy atom. The fourth-order valence-electron chi connectivity index (χ4n) is 1.88. The summed E-state index contributed by atoms with van der Waals surface area (Å²) in [6, 6.07) is 4.98. The number of hydrogen-bond acceptors (Lipinski definition) is 3. The maximum absolute atomic E-state index is 12.0. The molecular formula is C12H10BrNO4. The third kappa shape index (κ3) is 2.15. The van der Waals surface area contributed by atoms with E-state index >= 15 is 0 Å². The lowest BCUT2D eigenvalue weighted by atomic mass is 10.1. The van der Waals surface area contributed by atoms with Gasteiger partial charge in [0, 0.05) is 17.4 Å². The van der Waals surface area contributed by atoms with Crippen molar-refractivity contribution in [1.82, 2.24) is 4.90 Å². The molecular weight excluding hydrogens is 302 g/mol. The monoisotopic (exact) mass is 311 g/mol. The molecule has 0 unspecified atom stereocenters. The molecule has 1 aromatic carbocycles. The van der Waals surface area contributed by atoms with Gasteiger partial charge in [0.2, 0.25) is 0 Å². The van der Waals surface area contributed by atoms with E-state index in [2.05, 4.69) is 15.9 Å². The number of carbonyl (C=O) groups is 3. The number of benzene rings is 1. The van der Waals surface area contributed by atoms with Crippen LogP contribution in [0.15, 0.2) is 22.7 Å². The second kappa shape index (κ2) is 4.89. The molecule has 0 spiro atoms. The quantitative estimate of drug-likeness (QED) is 0.862. The number of fused-ring (bicyclic) bond motifs is 1. The maximum atomic E-state index is 12.0. The molecule has 1 heterocycles. The number of carboxylic acid groups (broad SMARTS) is 1. The van der Waals surface area contributed by atoms with Gasteiger partial charge in [-0.25, -0.2) is 0 Å². The van der Waals surface area contributed by atoms with Crippen molar-refractivity contribution in [3.8, 4) is 0 Å². The van der Waals surface area contributed by atoms with Gasteiger partial charge >= 0.3 is 5.97 Å². The molecule has 0 aromatic heterocycles. The van der Waals surface area contributed by atoms with Crippen LogP contribution >= 0.6 is 15.9 Å². The van der Waals surface area contributed by atoms with E-state index in [0.717, 1.165) is 4.90 Å². The van der Waals surface area contributed by atoms with Crippen molar-refractivity contribution in [3.63, 3.8) is 0 Å². The number of nitrogens with zero attached hydrogens (tertiary/aromatic N) is 1. The molecule has 94 valence electrons. The number of rotatable bonds is 4. The summed E-state index contributed by atoms with van der Waals surface area (Å²) in [5, 5.41) is 8.54. The van der Waals surface area contributed by atoms with Crippen LogP contribution in [0.2, 0.25) is 0 Å². The largest absolute Gasteiger partial charge is 0.481 e. The molecule has 2 rings (SSSR count). The Balaban J connectivity index is 2.18. The zero-order chi connectivity index (χ0) is 13.3. The highest BCUT2D eigenvalue weighted by Gasteiger charge is 2.36. The van der Waals surface area contributed by atoms with E-state index in [1.165, 1.54) is 0 Å². The van der Waals surface area contributed by atoms with Crippen molar-refractivity contribution in [2.24, 2.45) is 0 Å². The molecule has 1 aliphatic rings. The van der Waals surface area contributed by atoms with E-state index in [0.29, 0.717) is 15.6 Å². The summed E-state index contributed by atoms with van der Waals surface area (Å²) >= 11 is 3.24. The van der Waals surface area contributed by atoms with Crippen LogP contribution < -0.4 is 0 Å². The number of carbonyl (C=O) groups excluding carboxylic acids is 2. The molecule has 1 aromatic rings. The Morgan fingerprint density at radius 3 is 2.61 bits per heavy atom. The molecule has 0 atom stereocenters. The highest BCUT2D eigenvalue weighted by molar-refractivity contribution is 9.10. The highest BCUT2D eigenvalue weighted by Crippen LogP contribution is 2.29. The third-order valence-electron chi connectivity index (χ3n) is 2.72. The molecule has 0 saturated heterocycles. The molecule has 5 nitrogen and oxygen atoms in total. The van der Waals surface area contributed by atoms with Crippen molar-refractivity contribution in [2.75, 3.05) is 6.54 Å². The lowest BCUT2D eigenvalue weighted by molar-refractivity contribution is -0.137. The smallest absolute Gasteiger partial charge is 0.303 e. The average molecular weight is 312 g/mol. The van der Waals surface area contributed by atoms with Crippen LogP contribution in [0.25, 0.3) is 0 Å². The van der Waals surface area contributed by atoms with Crippen molar-refractivity contribution >= 4 is 33.7 Å². The molecule has 18 heavy (non-hydrogen) atoms. The van der Waals surface area contributed by atoms with Crippen molar-refractivity contribution in [1.29, 1.82) is 0 Å². The van der Waals surface area contributed by atoms with Gasteiger partial charge in [-0.2, -0.15) is 0 Å². The summed E-state index contributed by atoms with van der Waals surface area (Å²) in [4.78, 5) is 35.5. The Hall–Kier alpha value is -1.69. The molecule has 1 N–H and O–H groups in total. The first-order valence-electron chi connectivity index (χ1n) is 5.39. The van der Waals surface area contributed by atoms with Crippen LogP contribution in [-0.2, 0) is 4.79 Å². The lowest BCUT2D eigenvalue weighted by Crippen LogP contribution is -2.31. The van der Waals surface area contributed by atoms with E-state index in [9.17, 15) is 14.4 Å². The Labute approximate surface area is 112 Å². The molecule has 0 bridgehead atoms. The Morgan fingerprint density at radius 2 is 2.00 bits per heavy atom. The second-order valence-electron chi connectivity index (χ2n) is 3.92. The predicted molar refractivity (Wildman–Crippen MR) is 66.4 cm³/mol. The van der Waals surface area contributed by atoms with Crippen LogP contribution in [-0.4, -0.2) is 34.3 Å². The Kier molecular flexibility index (Phi) is 3.47. The average Bonchev–Trinajstić information content (AvgIpc) is 2.55. The fraction of sp³-hybridized carbons (Fsp3) is 0.250. The normalized spacial score (nSPS) is 13.9. The van der Waals surface area contributed by atoms with E-state index in [1.807, 2.05) is 0 Å². The van der Waals surface area contributed by atoms with E-state index in [-0.39, 0.29) is 31.2 Å². The first-order valence-corrected chi connectivity index (χ1v) is 6.18. The van der Waals surface area contributed by atoms with Crippen LogP contribution in [0.5, 0.6) is 0 Å². The summed E-state index contributed by atoms with van der Waals surface area (Å²) in [6.07, 6.45) is 0.201. The number of aliphatic carboxylic acids is 1. The highest BCUT2D eigenvalue weighted by atomic mass is 79.9. The first kappa shape index (κ1) is 12.8. The SMILES string of the molecule is O=C(O)CCCN1C(=O)c2cccc(Br)c2C1=O. The van der Waals surface area contributed by atoms with E-state index in [1.54, 1.807) is 18.2 Å². The molecule has 0 radical (unpaired) electrons. The zero-order valence-electron chi connectivity index (χ0n) is 9.35. The molecule has 0 fully saturated rings. The summed E-state index contributed by atoms with van der Waals surface area (Å²) < 4.78 is 0.582. The standard InChI is InChI=1S/C12H10BrNO4/c13-8-4-1-3-7-10(8)12(18)14(11(7)17)6-2-5-9(15)16/h1,3-4H,2,5-6H2,(H,15,16). The molecule has 1 aliphatic heterocycles. The Bertz CT molecular complexity index is 541. The molecule has 2 amide bonds. The van der Waals surface area contributed by atoms with Gasteiger partial charge in [-0.1, -0.05) is 6.07 Å². The van der Waals surface area contributed by atoms with Gasteiger partial charge in [0.25, 0.3) is 11.8 Å². The molecule has 0 saturated carbocycles. The topological polar surface area (TPSA) is 74.7 Å². The maximum Gasteiger partial charge on any atom is 0.303 e. The van der Waals surface area contributed by atoms with Gasteiger partial charge in [-0.3, -0.25) is 19.3 Å². The van der Waals surface area contributed by atoms with Gasteiger partial charge in [0.15, 0.2) is 0 Å². The van der Waals surface area contributed by atoms with Crippen molar-refractivity contribution in [3.05, 3.63) is 33.8 Å². The predicted octanol–water partition coefficient (Wildman–Crippen LogP) is 1.91. The first-order chi connectivity index (χ1) is 8.52. The minimum absolute atomic E-state index is 0.0609. The summed E-state index contributed by atoms with van der Waals surface area (Å²) in [7, 11) is 0. The number of imide groups is 1. The zero-order valence-corrected chi connectivity index (χ0v) is 10.9. The summed E-state index contributed by atoms with van der Waals surface area (Å²) in [5.41, 5.74) is 0.725.